The van der Waals surface area contributed by atoms with Gasteiger partial charge in [-0.25, -0.2) is 13.5 Å². The Morgan fingerprint density at radius 2 is 1.82 bits per heavy atom. The molecule has 1 aliphatic heterocycles. The number of aryl methyl sites for hydroxylation is 1. The van der Waals surface area contributed by atoms with Crippen molar-refractivity contribution >= 4 is 11.7 Å². The zero-order chi connectivity index (χ0) is 23.8. The van der Waals surface area contributed by atoms with Crippen molar-refractivity contribution in [3.8, 4) is 0 Å². The van der Waals surface area contributed by atoms with Crippen LogP contribution in [-0.4, -0.2) is 21.9 Å². The second kappa shape index (κ2) is 8.84. The molecule has 0 saturated heterocycles. The molecule has 0 fully saturated rings. The van der Waals surface area contributed by atoms with Gasteiger partial charge in [-0.05, 0) is 35.2 Å². The van der Waals surface area contributed by atoms with Crippen LogP contribution in [0, 0.1) is 11.6 Å². The zero-order valence-corrected chi connectivity index (χ0v) is 17.6. The van der Waals surface area contributed by atoms with Crippen LogP contribution in [0.3, 0.4) is 0 Å². The minimum Gasteiger partial charge on any atom is -0.363 e. The molecule has 1 amide bonds. The number of aromatic nitrogens is 2. The Bertz CT molecular complexity index is 1160. The summed E-state index contributed by atoms with van der Waals surface area (Å²) in [7, 11) is 0. The summed E-state index contributed by atoms with van der Waals surface area (Å²) in [6.07, 6.45) is -2.97. The lowest BCUT2D eigenvalue weighted by Gasteiger charge is -2.34. The minimum atomic E-state index is -4.57. The fraction of sp³-hybridized carbons (Fsp3) is 0.304. The van der Waals surface area contributed by atoms with E-state index in [1.165, 1.54) is 6.07 Å². The Kier molecular flexibility index (Phi) is 6.09. The first kappa shape index (κ1) is 22.8. The molecule has 3 aromatic rings. The average molecular weight is 464 g/mol. The number of hydrogen-bond donors (Lipinski definition) is 2. The molecule has 33 heavy (non-hydrogen) atoms. The average Bonchev–Trinajstić information content (AvgIpc) is 3.22. The van der Waals surface area contributed by atoms with E-state index >= 15 is 0 Å². The van der Waals surface area contributed by atoms with Gasteiger partial charge in [-0.15, -0.1) is 0 Å². The van der Waals surface area contributed by atoms with Crippen LogP contribution in [0.1, 0.15) is 52.5 Å². The van der Waals surface area contributed by atoms with Crippen LogP contribution in [-0.2, 0) is 13.0 Å². The molecule has 1 aromatic heterocycles. The molecule has 174 valence electrons. The van der Waals surface area contributed by atoms with Gasteiger partial charge in [0.25, 0.3) is 5.91 Å². The van der Waals surface area contributed by atoms with Crippen molar-refractivity contribution in [2.75, 3.05) is 5.32 Å². The Balaban J connectivity index is 1.60. The smallest absolute Gasteiger partial charge is 0.363 e. The Morgan fingerprint density at radius 3 is 2.45 bits per heavy atom. The third-order valence-electron chi connectivity index (χ3n) is 5.71. The number of fused-ring (bicyclic) bond motifs is 1. The predicted molar refractivity (Wildman–Crippen MR) is 112 cm³/mol. The molecule has 2 heterocycles. The van der Waals surface area contributed by atoms with E-state index in [0.29, 0.717) is 11.1 Å². The maximum atomic E-state index is 13.8. The van der Waals surface area contributed by atoms with Crippen molar-refractivity contribution < 1.29 is 26.7 Å². The van der Waals surface area contributed by atoms with Gasteiger partial charge in [-0.1, -0.05) is 37.3 Å². The summed E-state index contributed by atoms with van der Waals surface area (Å²) in [5.41, 5.74) is 1.96. The van der Waals surface area contributed by atoms with Gasteiger partial charge in [0, 0.05) is 13.0 Å². The Hall–Kier alpha value is -3.43. The molecule has 1 aliphatic rings. The van der Waals surface area contributed by atoms with Crippen LogP contribution in [0.5, 0.6) is 0 Å². The largest absolute Gasteiger partial charge is 0.410 e. The van der Waals surface area contributed by atoms with Gasteiger partial charge in [0.2, 0.25) is 0 Å². The van der Waals surface area contributed by atoms with Crippen molar-refractivity contribution in [1.82, 2.24) is 15.1 Å². The van der Waals surface area contributed by atoms with Crippen molar-refractivity contribution in [3.05, 3.63) is 82.5 Å². The molecule has 4 rings (SSSR count). The van der Waals surface area contributed by atoms with Crippen LogP contribution in [0.4, 0.5) is 27.8 Å². The molecular weight excluding hydrogens is 443 g/mol. The van der Waals surface area contributed by atoms with Gasteiger partial charge in [0.1, 0.15) is 11.4 Å². The molecule has 2 N–H and O–H groups in total. The quantitative estimate of drug-likeness (QED) is 0.503. The minimum absolute atomic E-state index is 0.0454. The lowest BCUT2D eigenvalue weighted by molar-refractivity contribution is -0.173. The Labute approximate surface area is 186 Å². The first-order valence-corrected chi connectivity index (χ1v) is 10.4. The fourth-order valence-electron chi connectivity index (χ4n) is 3.86. The first-order valence-electron chi connectivity index (χ1n) is 10.4. The van der Waals surface area contributed by atoms with Gasteiger partial charge >= 0.3 is 6.18 Å². The number of carbonyl (C=O) groups is 1. The monoisotopic (exact) mass is 464 g/mol. The zero-order valence-electron chi connectivity index (χ0n) is 17.6. The van der Waals surface area contributed by atoms with E-state index in [4.69, 9.17) is 0 Å². The third-order valence-corrected chi connectivity index (χ3v) is 5.71. The summed E-state index contributed by atoms with van der Waals surface area (Å²) < 4.78 is 68.7. The second-order valence-corrected chi connectivity index (χ2v) is 7.87. The highest BCUT2D eigenvalue weighted by Crippen LogP contribution is 2.44. The van der Waals surface area contributed by atoms with Gasteiger partial charge in [-0.2, -0.15) is 18.3 Å². The standard InChI is InChI=1S/C23H21F5N4O/c1-2-13-3-6-15(7-4-13)19-10-20(23(26,27)28)32-21(31-19)16(12-30-32)22(33)29-11-14-5-8-17(24)18(25)9-14/h3-9,12,19-20,31H,2,10-11H2,1H3,(H,29,33)/t19-,20+/m0/s1. The number of carbonyl (C=O) groups excluding carboxylic acids is 1. The van der Waals surface area contributed by atoms with Crippen LogP contribution in [0.25, 0.3) is 0 Å². The van der Waals surface area contributed by atoms with E-state index in [0.717, 1.165) is 35.0 Å². The van der Waals surface area contributed by atoms with Gasteiger partial charge in [0.15, 0.2) is 17.7 Å². The number of halogens is 5. The third kappa shape index (κ3) is 4.69. The summed E-state index contributed by atoms with van der Waals surface area (Å²) in [5, 5.41) is 9.37. The van der Waals surface area contributed by atoms with Crippen molar-refractivity contribution in [1.29, 1.82) is 0 Å². The summed E-state index contributed by atoms with van der Waals surface area (Å²) in [6, 6.07) is 7.88. The molecule has 0 bridgehead atoms. The van der Waals surface area contributed by atoms with Crippen molar-refractivity contribution in [2.24, 2.45) is 0 Å². The van der Waals surface area contributed by atoms with E-state index in [1.807, 2.05) is 19.1 Å². The molecule has 0 aliphatic carbocycles. The number of alkyl halides is 3. The first-order chi connectivity index (χ1) is 15.7. The lowest BCUT2D eigenvalue weighted by Crippen LogP contribution is -2.36. The molecule has 2 atom stereocenters. The van der Waals surface area contributed by atoms with Crippen molar-refractivity contribution in [2.45, 2.75) is 44.6 Å². The van der Waals surface area contributed by atoms with E-state index in [-0.39, 0.29) is 24.3 Å². The number of nitrogens with zero attached hydrogens (tertiary/aromatic N) is 2. The van der Waals surface area contributed by atoms with Gasteiger partial charge in [0.05, 0.1) is 12.2 Å². The lowest BCUT2D eigenvalue weighted by atomic mass is 9.95. The van der Waals surface area contributed by atoms with E-state index in [9.17, 15) is 26.7 Å². The van der Waals surface area contributed by atoms with Gasteiger partial charge < -0.3 is 10.6 Å². The van der Waals surface area contributed by atoms with Crippen LogP contribution in [0.15, 0.2) is 48.7 Å². The van der Waals surface area contributed by atoms with Crippen molar-refractivity contribution in [3.63, 3.8) is 0 Å². The number of nitrogens with one attached hydrogen (secondary N) is 2. The van der Waals surface area contributed by atoms with Crippen LogP contribution >= 0.6 is 0 Å². The highest BCUT2D eigenvalue weighted by atomic mass is 19.4. The number of amides is 1. The Morgan fingerprint density at radius 1 is 1.12 bits per heavy atom. The van der Waals surface area contributed by atoms with E-state index in [2.05, 4.69) is 15.7 Å². The number of anilines is 1. The molecular formula is C23H21F5N4O. The maximum Gasteiger partial charge on any atom is 0.410 e. The molecule has 0 radical (unpaired) electrons. The van der Waals surface area contributed by atoms with Crippen LogP contribution in [0.2, 0.25) is 0 Å². The molecule has 10 heteroatoms. The normalized spacial score (nSPS) is 17.9. The number of hydrogen-bond acceptors (Lipinski definition) is 3. The highest BCUT2D eigenvalue weighted by Gasteiger charge is 2.47. The van der Waals surface area contributed by atoms with E-state index < -0.39 is 35.8 Å². The predicted octanol–water partition coefficient (Wildman–Crippen LogP) is 5.31. The molecule has 5 nitrogen and oxygen atoms in total. The number of rotatable bonds is 5. The topological polar surface area (TPSA) is 59.0 Å². The second-order valence-electron chi connectivity index (χ2n) is 7.87. The van der Waals surface area contributed by atoms with Gasteiger partial charge in [-0.3, -0.25) is 4.79 Å². The molecule has 0 saturated carbocycles. The molecule has 0 unspecified atom stereocenters. The van der Waals surface area contributed by atoms with Crippen LogP contribution < -0.4 is 10.6 Å². The maximum absolute atomic E-state index is 13.8. The summed E-state index contributed by atoms with van der Waals surface area (Å²) in [4.78, 5) is 12.7. The molecule has 2 aromatic carbocycles. The highest BCUT2D eigenvalue weighted by molar-refractivity contribution is 5.98. The van der Waals surface area contributed by atoms with E-state index in [1.54, 1.807) is 12.1 Å². The number of benzene rings is 2. The fourth-order valence-corrected chi connectivity index (χ4v) is 3.86. The summed E-state index contributed by atoms with van der Waals surface area (Å²) in [5.74, 6) is -2.81. The summed E-state index contributed by atoms with van der Waals surface area (Å²) >= 11 is 0. The summed E-state index contributed by atoms with van der Waals surface area (Å²) in [6.45, 7) is 1.85. The SMILES string of the molecule is CCc1ccc([C@@H]2C[C@H](C(F)(F)F)n3ncc(C(=O)NCc4ccc(F)c(F)c4)c3N2)cc1. The molecule has 0 spiro atoms.